The maximum Gasteiger partial charge on any atom is 0.226 e. The highest BCUT2D eigenvalue weighted by molar-refractivity contribution is 5.95. The number of methoxy groups -OCH3 is 1. The summed E-state index contributed by atoms with van der Waals surface area (Å²) in [6, 6.07) is 6.72. The van der Waals surface area contributed by atoms with Crippen LogP contribution in [-0.4, -0.2) is 49.3 Å². The van der Waals surface area contributed by atoms with Crippen molar-refractivity contribution >= 4 is 23.3 Å². The Morgan fingerprint density at radius 1 is 1.09 bits per heavy atom. The second-order valence-electron chi connectivity index (χ2n) is 5.28. The van der Waals surface area contributed by atoms with Gasteiger partial charge < -0.3 is 15.0 Å². The lowest BCUT2D eigenvalue weighted by atomic mass is 10.1. The molecule has 1 aromatic rings. The molecule has 0 aliphatic heterocycles. The highest BCUT2D eigenvalue weighted by atomic mass is 16.5. The minimum Gasteiger partial charge on any atom is -0.385 e. The molecule has 0 bridgehead atoms. The van der Waals surface area contributed by atoms with Crippen LogP contribution in [0.1, 0.15) is 37.0 Å². The highest BCUT2D eigenvalue weighted by Gasteiger charge is 2.11. The Hall–Kier alpha value is -2.21. The third-order valence-corrected chi connectivity index (χ3v) is 3.41. The fourth-order valence-electron chi connectivity index (χ4n) is 2.07. The van der Waals surface area contributed by atoms with E-state index in [0.29, 0.717) is 30.9 Å². The van der Waals surface area contributed by atoms with Crippen molar-refractivity contribution in [2.45, 2.75) is 26.7 Å². The van der Waals surface area contributed by atoms with Crippen LogP contribution in [0.25, 0.3) is 0 Å². The van der Waals surface area contributed by atoms with Gasteiger partial charge in [0, 0.05) is 51.4 Å². The number of ketones is 1. The first-order chi connectivity index (χ1) is 10.9. The zero-order valence-electron chi connectivity index (χ0n) is 13.9. The molecule has 0 heterocycles. The van der Waals surface area contributed by atoms with Crippen LogP contribution in [0.4, 0.5) is 5.69 Å². The molecule has 0 fully saturated rings. The van der Waals surface area contributed by atoms with Crippen molar-refractivity contribution in [3.05, 3.63) is 29.8 Å². The molecule has 0 atom stereocenters. The number of carbonyl (C=O) groups is 3. The smallest absolute Gasteiger partial charge is 0.226 e. The van der Waals surface area contributed by atoms with E-state index in [1.54, 1.807) is 36.3 Å². The minimum atomic E-state index is -0.168. The molecule has 2 amide bonds. The molecular formula is C17H24N2O4. The summed E-state index contributed by atoms with van der Waals surface area (Å²) in [6.07, 6.45) is 0.964. The van der Waals surface area contributed by atoms with Crippen LogP contribution in [-0.2, 0) is 14.3 Å². The predicted octanol–water partition coefficient (Wildman–Crippen LogP) is 2.10. The van der Waals surface area contributed by atoms with Gasteiger partial charge in [0.15, 0.2) is 5.78 Å². The lowest BCUT2D eigenvalue weighted by molar-refractivity contribution is -0.129. The van der Waals surface area contributed by atoms with Crippen molar-refractivity contribution in [1.29, 1.82) is 0 Å². The maximum absolute atomic E-state index is 11.9. The van der Waals surface area contributed by atoms with Gasteiger partial charge in [0.2, 0.25) is 11.8 Å². The molecule has 0 spiro atoms. The Balaban J connectivity index is 2.45. The minimum absolute atomic E-state index is 0.0176. The van der Waals surface area contributed by atoms with E-state index in [4.69, 9.17) is 4.74 Å². The fraction of sp³-hybridized carbons (Fsp3) is 0.471. The first-order valence-corrected chi connectivity index (χ1v) is 7.59. The summed E-state index contributed by atoms with van der Waals surface area (Å²) in [6.45, 7) is 4.51. The number of hydrogen-bond acceptors (Lipinski definition) is 4. The van der Waals surface area contributed by atoms with Gasteiger partial charge in [0.25, 0.3) is 0 Å². The van der Waals surface area contributed by atoms with Gasteiger partial charge in [0.05, 0.1) is 0 Å². The Morgan fingerprint density at radius 2 is 1.74 bits per heavy atom. The second kappa shape index (κ2) is 9.74. The summed E-state index contributed by atoms with van der Waals surface area (Å²) in [5, 5.41) is 2.76. The van der Waals surface area contributed by atoms with Crippen LogP contribution >= 0.6 is 0 Å². The molecule has 1 N–H and O–H groups in total. The molecule has 0 saturated carbocycles. The van der Waals surface area contributed by atoms with Gasteiger partial charge in [-0.25, -0.2) is 0 Å². The van der Waals surface area contributed by atoms with Crippen molar-refractivity contribution in [2.75, 3.05) is 32.1 Å². The van der Waals surface area contributed by atoms with Gasteiger partial charge in [-0.05, 0) is 37.6 Å². The number of hydrogen-bond donors (Lipinski definition) is 1. The summed E-state index contributed by atoms with van der Waals surface area (Å²) in [5.74, 6) is -0.241. The summed E-state index contributed by atoms with van der Waals surface area (Å²) in [7, 11) is 1.61. The molecule has 1 rings (SSSR count). The van der Waals surface area contributed by atoms with E-state index in [1.807, 2.05) is 0 Å². The lowest BCUT2D eigenvalue weighted by Crippen LogP contribution is -2.33. The zero-order valence-corrected chi connectivity index (χ0v) is 13.9. The number of benzene rings is 1. The van der Waals surface area contributed by atoms with E-state index >= 15 is 0 Å². The third kappa shape index (κ3) is 7.06. The van der Waals surface area contributed by atoms with Crippen LogP contribution in [0.3, 0.4) is 0 Å². The van der Waals surface area contributed by atoms with Gasteiger partial charge in [-0.15, -0.1) is 0 Å². The van der Waals surface area contributed by atoms with Gasteiger partial charge >= 0.3 is 0 Å². The highest BCUT2D eigenvalue weighted by Crippen LogP contribution is 2.10. The molecule has 6 nitrogen and oxygen atoms in total. The first kappa shape index (κ1) is 18.8. The number of nitrogens with one attached hydrogen (secondary N) is 1. The second-order valence-corrected chi connectivity index (χ2v) is 5.28. The van der Waals surface area contributed by atoms with Gasteiger partial charge in [-0.3, -0.25) is 14.4 Å². The van der Waals surface area contributed by atoms with E-state index in [1.165, 1.54) is 13.8 Å². The van der Waals surface area contributed by atoms with Crippen molar-refractivity contribution in [3.8, 4) is 0 Å². The van der Waals surface area contributed by atoms with Crippen molar-refractivity contribution in [3.63, 3.8) is 0 Å². The summed E-state index contributed by atoms with van der Waals surface area (Å²) >= 11 is 0. The van der Waals surface area contributed by atoms with Crippen LogP contribution in [0, 0.1) is 0 Å². The Kier molecular flexibility index (Phi) is 7.97. The number of carbonyl (C=O) groups excluding carboxylic acids is 3. The fourth-order valence-corrected chi connectivity index (χ4v) is 2.07. The molecule has 6 heteroatoms. The van der Waals surface area contributed by atoms with Gasteiger partial charge in [-0.2, -0.15) is 0 Å². The van der Waals surface area contributed by atoms with Gasteiger partial charge in [0.1, 0.15) is 0 Å². The molecule has 0 aliphatic rings. The van der Waals surface area contributed by atoms with E-state index in [2.05, 4.69) is 5.32 Å². The number of ether oxygens (including phenoxy) is 1. The zero-order chi connectivity index (χ0) is 17.2. The van der Waals surface area contributed by atoms with Crippen LogP contribution in [0.2, 0.25) is 0 Å². The van der Waals surface area contributed by atoms with Crippen LogP contribution in [0.5, 0.6) is 0 Å². The largest absolute Gasteiger partial charge is 0.385 e. The van der Waals surface area contributed by atoms with Crippen molar-refractivity contribution < 1.29 is 19.1 Å². The monoisotopic (exact) mass is 320 g/mol. The average molecular weight is 320 g/mol. The Labute approximate surface area is 136 Å². The Morgan fingerprint density at radius 3 is 2.26 bits per heavy atom. The maximum atomic E-state index is 11.9. The molecule has 23 heavy (non-hydrogen) atoms. The molecular weight excluding hydrogens is 296 g/mol. The lowest BCUT2D eigenvalue weighted by Gasteiger charge is -2.20. The van der Waals surface area contributed by atoms with Crippen LogP contribution < -0.4 is 5.32 Å². The molecule has 0 aliphatic carbocycles. The van der Waals surface area contributed by atoms with E-state index in [-0.39, 0.29) is 24.0 Å². The number of Topliss-reactive ketones (excluding diaryl/α,β-unsaturated/α-hetero) is 1. The average Bonchev–Trinajstić information content (AvgIpc) is 2.50. The molecule has 0 unspecified atom stereocenters. The Bertz CT molecular complexity index is 540. The van der Waals surface area contributed by atoms with Crippen molar-refractivity contribution in [2.24, 2.45) is 0 Å². The quantitative estimate of drug-likeness (QED) is 0.558. The predicted molar refractivity (Wildman–Crippen MR) is 88.4 cm³/mol. The van der Waals surface area contributed by atoms with E-state index < -0.39 is 0 Å². The third-order valence-electron chi connectivity index (χ3n) is 3.41. The molecule has 1 aromatic carbocycles. The topological polar surface area (TPSA) is 75.7 Å². The normalized spacial score (nSPS) is 10.2. The molecule has 126 valence electrons. The first-order valence-electron chi connectivity index (χ1n) is 7.59. The number of amides is 2. The van der Waals surface area contributed by atoms with Crippen molar-refractivity contribution in [1.82, 2.24) is 4.90 Å². The summed E-state index contributed by atoms with van der Waals surface area (Å²) in [5.41, 5.74) is 1.23. The van der Waals surface area contributed by atoms with Gasteiger partial charge in [-0.1, -0.05) is 0 Å². The summed E-state index contributed by atoms with van der Waals surface area (Å²) in [4.78, 5) is 36.3. The van der Waals surface area contributed by atoms with Crippen LogP contribution in [0.15, 0.2) is 24.3 Å². The summed E-state index contributed by atoms with van der Waals surface area (Å²) < 4.78 is 4.96. The molecule has 0 radical (unpaired) electrons. The number of rotatable bonds is 9. The number of nitrogens with zero attached hydrogens (tertiary/aromatic N) is 1. The molecule has 0 aromatic heterocycles. The standard InChI is InChI=1S/C17H24N2O4/c1-13(20)15-5-7-16(8-6-15)18-17(22)9-11-19(14(2)21)10-4-12-23-3/h5-8H,4,9-12H2,1-3H3,(H,18,22). The van der Waals surface area contributed by atoms with E-state index in [9.17, 15) is 14.4 Å². The van der Waals surface area contributed by atoms with E-state index in [0.717, 1.165) is 6.42 Å². The number of anilines is 1. The SMILES string of the molecule is COCCCN(CCC(=O)Nc1ccc(C(C)=O)cc1)C(C)=O. The molecule has 0 saturated heterocycles.